The molecule has 0 radical (unpaired) electrons. The molecule has 0 amide bonds. The highest BCUT2D eigenvalue weighted by Crippen LogP contribution is 2.21. The summed E-state index contributed by atoms with van der Waals surface area (Å²) in [6.45, 7) is 2.42. The van der Waals surface area contributed by atoms with Crippen LogP contribution in [0.15, 0.2) is 40.9 Å². The van der Waals surface area contributed by atoms with Crippen LogP contribution in [-0.4, -0.2) is 11.1 Å². The zero-order valence-electron chi connectivity index (χ0n) is 10.8. The number of carbonyl (C=O) groups is 1. The minimum Gasteiger partial charge on any atom is -0.478 e. The van der Waals surface area contributed by atoms with Crippen molar-refractivity contribution in [3.63, 3.8) is 0 Å². The van der Waals surface area contributed by atoms with Gasteiger partial charge >= 0.3 is 5.97 Å². The van der Waals surface area contributed by atoms with Gasteiger partial charge in [-0.15, -0.1) is 0 Å². The maximum absolute atomic E-state index is 13.5. The monoisotopic (exact) mass is 337 g/mol. The third-order valence-corrected chi connectivity index (χ3v) is 3.79. The Balaban J connectivity index is 2.09. The van der Waals surface area contributed by atoms with E-state index < -0.39 is 11.8 Å². The second-order valence-electron chi connectivity index (χ2n) is 4.44. The van der Waals surface area contributed by atoms with Gasteiger partial charge < -0.3 is 10.4 Å². The van der Waals surface area contributed by atoms with E-state index in [2.05, 4.69) is 21.2 Å². The van der Waals surface area contributed by atoms with Crippen molar-refractivity contribution >= 4 is 27.6 Å². The Bertz CT molecular complexity index is 658. The highest BCUT2D eigenvalue weighted by atomic mass is 79.9. The van der Waals surface area contributed by atoms with Crippen molar-refractivity contribution in [3.05, 3.63) is 63.4 Å². The predicted octanol–water partition coefficient (Wildman–Crippen LogP) is 4.21. The molecular formula is C15H13BrFNO2. The van der Waals surface area contributed by atoms with Gasteiger partial charge in [-0.05, 0) is 42.3 Å². The fraction of sp³-hybridized carbons (Fsp3) is 0.133. The summed E-state index contributed by atoms with van der Waals surface area (Å²) in [5, 5.41) is 11.9. The standard InChI is InChI=1S/C15H13BrFNO2/c1-9-2-4-11(7-13(9)16)18-8-10-3-5-12(15(19)20)14(17)6-10/h2-7,18H,8H2,1H3,(H,19,20). The number of anilines is 1. The van der Waals surface area contributed by atoms with E-state index in [1.54, 1.807) is 6.07 Å². The van der Waals surface area contributed by atoms with Crippen LogP contribution in [0, 0.1) is 12.7 Å². The van der Waals surface area contributed by atoms with Gasteiger partial charge in [0.15, 0.2) is 0 Å². The summed E-state index contributed by atoms with van der Waals surface area (Å²) >= 11 is 3.44. The van der Waals surface area contributed by atoms with Gasteiger partial charge in [0.05, 0.1) is 5.56 Å². The minimum atomic E-state index is -1.26. The first-order valence-corrected chi connectivity index (χ1v) is 6.78. The third-order valence-electron chi connectivity index (χ3n) is 2.93. The predicted molar refractivity (Wildman–Crippen MR) is 79.6 cm³/mol. The molecule has 0 aromatic heterocycles. The van der Waals surface area contributed by atoms with E-state index in [9.17, 15) is 9.18 Å². The van der Waals surface area contributed by atoms with Crippen LogP contribution in [0.25, 0.3) is 0 Å². The van der Waals surface area contributed by atoms with Gasteiger partial charge in [0.25, 0.3) is 0 Å². The molecule has 5 heteroatoms. The molecule has 0 heterocycles. The maximum Gasteiger partial charge on any atom is 0.338 e. The lowest BCUT2D eigenvalue weighted by Gasteiger charge is -2.09. The molecule has 0 saturated heterocycles. The molecule has 0 aliphatic rings. The van der Waals surface area contributed by atoms with E-state index in [0.29, 0.717) is 12.1 Å². The first-order valence-electron chi connectivity index (χ1n) is 5.99. The van der Waals surface area contributed by atoms with Crippen molar-refractivity contribution in [2.24, 2.45) is 0 Å². The number of aromatic carboxylic acids is 1. The molecule has 0 fully saturated rings. The van der Waals surface area contributed by atoms with Gasteiger partial charge in [-0.3, -0.25) is 0 Å². The molecule has 0 aliphatic heterocycles. The second-order valence-corrected chi connectivity index (χ2v) is 5.29. The van der Waals surface area contributed by atoms with Crippen LogP contribution in [0.3, 0.4) is 0 Å². The molecular weight excluding hydrogens is 325 g/mol. The molecule has 0 unspecified atom stereocenters. The quantitative estimate of drug-likeness (QED) is 0.878. The number of carboxylic acid groups (broad SMARTS) is 1. The van der Waals surface area contributed by atoms with Gasteiger partial charge in [0.1, 0.15) is 5.82 Å². The van der Waals surface area contributed by atoms with Crippen LogP contribution in [0.1, 0.15) is 21.5 Å². The first kappa shape index (κ1) is 14.5. The Labute approximate surface area is 124 Å². The van der Waals surface area contributed by atoms with E-state index in [-0.39, 0.29) is 5.56 Å². The van der Waals surface area contributed by atoms with Gasteiger partial charge in [-0.2, -0.15) is 0 Å². The number of rotatable bonds is 4. The van der Waals surface area contributed by atoms with E-state index in [4.69, 9.17) is 5.11 Å². The summed E-state index contributed by atoms with van der Waals surface area (Å²) in [5.74, 6) is -1.98. The smallest absolute Gasteiger partial charge is 0.338 e. The molecule has 0 spiro atoms. The lowest BCUT2D eigenvalue weighted by molar-refractivity contribution is 0.0692. The van der Waals surface area contributed by atoms with Crippen LogP contribution in [0.2, 0.25) is 0 Å². The molecule has 104 valence electrons. The largest absolute Gasteiger partial charge is 0.478 e. The van der Waals surface area contributed by atoms with Crippen LogP contribution >= 0.6 is 15.9 Å². The Morgan fingerprint density at radius 1 is 1.30 bits per heavy atom. The average molecular weight is 338 g/mol. The number of nitrogens with one attached hydrogen (secondary N) is 1. The van der Waals surface area contributed by atoms with Crippen molar-refractivity contribution in [3.8, 4) is 0 Å². The molecule has 0 bridgehead atoms. The first-order chi connectivity index (χ1) is 9.47. The zero-order valence-corrected chi connectivity index (χ0v) is 12.4. The summed E-state index contributed by atoms with van der Waals surface area (Å²) in [7, 11) is 0. The van der Waals surface area contributed by atoms with Crippen molar-refractivity contribution < 1.29 is 14.3 Å². The number of benzene rings is 2. The van der Waals surface area contributed by atoms with E-state index in [1.807, 2.05) is 25.1 Å². The number of hydrogen-bond donors (Lipinski definition) is 2. The topological polar surface area (TPSA) is 49.3 Å². The van der Waals surface area contributed by atoms with Crippen molar-refractivity contribution in [1.82, 2.24) is 0 Å². The molecule has 0 saturated carbocycles. The van der Waals surface area contributed by atoms with Gasteiger partial charge in [-0.25, -0.2) is 9.18 Å². The zero-order chi connectivity index (χ0) is 14.7. The van der Waals surface area contributed by atoms with E-state index >= 15 is 0 Å². The molecule has 2 aromatic rings. The Morgan fingerprint density at radius 3 is 2.65 bits per heavy atom. The summed E-state index contributed by atoms with van der Waals surface area (Å²) in [4.78, 5) is 10.7. The third kappa shape index (κ3) is 3.36. The van der Waals surface area contributed by atoms with Crippen molar-refractivity contribution in [2.45, 2.75) is 13.5 Å². The molecule has 0 aliphatic carbocycles. The van der Waals surface area contributed by atoms with Crippen molar-refractivity contribution in [1.29, 1.82) is 0 Å². The Hall–Kier alpha value is -1.88. The fourth-order valence-corrected chi connectivity index (χ4v) is 2.13. The lowest BCUT2D eigenvalue weighted by atomic mass is 10.1. The fourth-order valence-electron chi connectivity index (χ4n) is 1.75. The molecule has 2 N–H and O–H groups in total. The van der Waals surface area contributed by atoms with E-state index in [1.165, 1.54) is 12.1 Å². The van der Waals surface area contributed by atoms with Gasteiger partial charge in [-0.1, -0.05) is 28.1 Å². The molecule has 0 atom stereocenters. The Kier molecular flexibility index (Phi) is 4.39. The van der Waals surface area contributed by atoms with Gasteiger partial charge in [0, 0.05) is 16.7 Å². The summed E-state index contributed by atoms with van der Waals surface area (Å²) < 4.78 is 14.5. The molecule has 2 aromatic carbocycles. The van der Waals surface area contributed by atoms with Crippen molar-refractivity contribution in [2.75, 3.05) is 5.32 Å². The average Bonchev–Trinajstić information content (AvgIpc) is 2.40. The van der Waals surface area contributed by atoms with Crippen LogP contribution < -0.4 is 5.32 Å². The van der Waals surface area contributed by atoms with Crippen LogP contribution in [0.4, 0.5) is 10.1 Å². The molecule has 2 rings (SSSR count). The number of halogens is 2. The maximum atomic E-state index is 13.5. The number of hydrogen-bond acceptors (Lipinski definition) is 2. The van der Waals surface area contributed by atoms with Gasteiger partial charge in [0.2, 0.25) is 0 Å². The molecule has 3 nitrogen and oxygen atoms in total. The Morgan fingerprint density at radius 2 is 2.05 bits per heavy atom. The normalized spacial score (nSPS) is 10.3. The molecule has 20 heavy (non-hydrogen) atoms. The minimum absolute atomic E-state index is 0.313. The number of carboxylic acids is 1. The number of aryl methyl sites for hydroxylation is 1. The van der Waals surface area contributed by atoms with Crippen LogP contribution in [-0.2, 0) is 6.54 Å². The summed E-state index contributed by atoms with van der Waals surface area (Å²) in [6, 6.07) is 9.96. The highest BCUT2D eigenvalue weighted by molar-refractivity contribution is 9.10. The summed E-state index contributed by atoms with van der Waals surface area (Å²) in [6.07, 6.45) is 0. The van der Waals surface area contributed by atoms with Crippen LogP contribution in [0.5, 0.6) is 0 Å². The van der Waals surface area contributed by atoms with E-state index in [0.717, 1.165) is 15.7 Å². The highest BCUT2D eigenvalue weighted by Gasteiger charge is 2.10. The second kappa shape index (κ2) is 6.05. The summed E-state index contributed by atoms with van der Waals surface area (Å²) in [5.41, 5.74) is 2.41. The SMILES string of the molecule is Cc1ccc(NCc2ccc(C(=O)O)c(F)c2)cc1Br. The lowest BCUT2D eigenvalue weighted by Crippen LogP contribution is -2.04.